The number of hydrogen-bond donors (Lipinski definition) is 0. The molecule has 56 valence electrons. The van der Waals surface area contributed by atoms with Crippen LogP contribution in [0, 0.1) is 0 Å². The largest absolute Gasteiger partial charge is 0.497 e. The first-order valence-corrected chi connectivity index (χ1v) is 5.15. The van der Waals surface area contributed by atoms with Crippen molar-refractivity contribution in [1.29, 1.82) is 0 Å². The normalized spacial score (nSPS) is 12.0. The van der Waals surface area contributed by atoms with Gasteiger partial charge in [0.05, 0.1) is 0 Å². The van der Waals surface area contributed by atoms with Gasteiger partial charge in [-0.1, -0.05) is 0 Å². The van der Waals surface area contributed by atoms with Gasteiger partial charge in [0, 0.05) is 27.4 Å². The van der Waals surface area contributed by atoms with Crippen LogP contribution < -0.4 is 0 Å². The molecule has 3 nitrogen and oxygen atoms in total. The first kappa shape index (κ1) is 9.10. The zero-order valence-electron chi connectivity index (χ0n) is 6.43. The minimum Gasteiger partial charge on any atom is -0.377 e. The number of rotatable bonds is 4. The van der Waals surface area contributed by atoms with E-state index >= 15 is 0 Å². The van der Waals surface area contributed by atoms with E-state index in [1.807, 2.05) is 13.5 Å². The van der Waals surface area contributed by atoms with E-state index in [-0.39, 0.29) is 0 Å². The van der Waals surface area contributed by atoms with E-state index in [4.69, 9.17) is 13.3 Å². The maximum atomic E-state index is 5.22. The van der Waals surface area contributed by atoms with Crippen LogP contribution in [0.4, 0.5) is 0 Å². The Hall–Kier alpha value is 0.0969. The lowest BCUT2D eigenvalue weighted by molar-refractivity contribution is 0.111. The van der Waals surface area contributed by atoms with Crippen molar-refractivity contribution in [3.05, 3.63) is 0 Å². The van der Waals surface area contributed by atoms with Gasteiger partial charge >= 0.3 is 8.80 Å². The molecule has 0 aromatic rings. The van der Waals surface area contributed by atoms with Gasteiger partial charge in [-0.2, -0.15) is 0 Å². The fourth-order valence-electron chi connectivity index (χ4n) is 0.463. The Morgan fingerprint density at radius 3 is 1.78 bits per heavy atom. The molecule has 0 aliphatic carbocycles. The fourth-order valence-corrected chi connectivity index (χ4v) is 1.39. The molecule has 0 bridgehead atoms. The van der Waals surface area contributed by atoms with Gasteiger partial charge in [-0.15, -0.1) is 0 Å². The quantitative estimate of drug-likeness (QED) is 0.557. The molecule has 9 heavy (non-hydrogen) atoms. The van der Waals surface area contributed by atoms with Crippen LogP contribution >= 0.6 is 0 Å². The fraction of sp³-hybridized carbons (Fsp3) is 1.00. The molecule has 0 rings (SSSR count). The highest BCUT2D eigenvalue weighted by Gasteiger charge is 2.30. The van der Waals surface area contributed by atoms with Gasteiger partial charge in [0.15, 0.2) is 0 Å². The van der Waals surface area contributed by atoms with E-state index in [0.29, 0.717) is 6.61 Å². The van der Waals surface area contributed by atoms with Gasteiger partial charge in [0.1, 0.15) is 0 Å². The Morgan fingerprint density at radius 2 is 1.67 bits per heavy atom. The molecular weight excluding hydrogens is 136 g/mol. The molecular formula is C5H14O3Si. The van der Waals surface area contributed by atoms with E-state index in [1.54, 1.807) is 14.2 Å². The van der Waals surface area contributed by atoms with Crippen LogP contribution in [0.2, 0.25) is 6.55 Å². The molecule has 0 aromatic heterocycles. The summed E-state index contributed by atoms with van der Waals surface area (Å²) in [6.07, 6.45) is 0. The van der Waals surface area contributed by atoms with Gasteiger partial charge in [0.2, 0.25) is 0 Å². The second-order valence-electron chi connectivity index (χ2n) is 1.70. The molecule has 0 aliphatic rings. The van der Waals surface area contributed by atoms with Crippen molar-refractivity contribution in [2.45, 2.75) is 13.5 Å². The average molecular weight is 150 g/mol. The molecule has 0 atom stereocenters. The zero-order chi connectivity index (χ0) is 7.33. The molecule has 0 saturated carbocycles. The molecule has 0 spiro atoms. The lowest BCUT2D eigenvalue weighted by Gasteiger charge is -2.20. The average Bonchev–Trinajstić information content (AvgIpc) is 1.89. The van der Waals surface area contributed by atoms with Crippen molar-refractivity contribution in [3.63, 3.8) is 0 Å². The van der Waals surface area contributed by atoms with Gasteiger partial charge in [-0.3, -0.25) is 0 Å². The van der Waals surface area contributed by atoms with Crippen LogP contribution in [-0.2, 0) is 13.3 Å². The molecule has 0 amide bonds. The predicted molar refractivity (Wildman–Crippen MR) is 37.3 cm³/mol. The zero-order valence-corrected chi connectivity index (χ0v) is 7.43. The topological polar surface area (TPSA) is 27.7 Å². The summed E-state index contributed by atoms with van der Waals surface area (Å²) < 4.78 is 15.3. The van der Waals surface area contributed by atoms with E-state index in [9.17, 15) is 0 Å². The van der Waals surface area contributed by atoms with Crippen molar-refractivity contribution < 1.29 is 13.3 Å². The lowest BCUT2D eigenvalue weighted by atomic mass is 10.9. The minimum atomic E-state index is -2.20. The maximum Gasteiger partial charge on any atom is 0.497 e. The summed E-state index contributed by atoms with van der Waals surface area (Å²) in [4.78, 5) is 0. The van der Waals surface area contributed by atoms with Crippen LogP contribution in [0.1, 0.15) is 6.92 Å². The monoisotopic (exact) mass is 150 g/mol. The molecule has 0 unspecified atom stereocenters. The second-order valence-corrected chi connectivity index (χ2v) is 4.53. The first-order valence-electron chi connectivity index (χ1n) is 2.92. The molecule has 0 fully saturated rings. The van der Waals surface area contributed by atoms with Crippen LogP contribution in [0.3, 0.4) is 0 Å². The Balaban J connectivity index is 3.62. The van der Waals surface area contributed by atoms with Crippen molar-refractivity contribution in [3.8, 4) is 0 Å². The molecule has 0 N–H and O–H groups in total. The third kappa shape index (κ3) is 2.95. The Morgan fingerprint density at radius 1 is 1.22 bits per heavy atom. The maximum absolute atomic E-state index is 5.22. The Labute approximate surface area is 57.3 Å². The summed E-state index contributed by atoms with van der Waals surface area (Å²) in [7, 11) is 1.01. The van der Waals surface area contributed by atoms with Crippen molar-refractivity contribution in [2.75, 3.05) is 20.8 Å². The highest BCUT2D eigenvalue weighted by atomic mass is 28.4. The van der Waals surface area contributed by atoms with Crippen LogP contribution in [0.5, 0.6) is 0 Å². The molecule has 0 aliphatic heterocycles. The summed E-state index contributed by atoms with van der Waals surface area (Å²) in [5.74, 6) is 0. The molecule has 0 heterocycles. The van der Waals surface area contributed by atoms with Gasteiger partial charge in [-0.05, 0) is 6.92 Å². The highest BCUT2D eigenvalue weighted by molar-refractivity contribution is 6.59. The van der Waals surface area contributed by atoms with Crippen molar-refractivity contribution in [1.82, 2.24) is 0 Å². The third-order valence-electron chi connectivity index (χ3n) is 1.15. The smallest absolute Gasteiger partial charge is 0.377 e. The third-order valence-corrected chi connectivity index (χ3v) is 3.44. The molecule has 0 radical (unpaired) electrons. The molecule has 0 aromatic carbocycles. The Kier molecular flexibility index (Phi) is 4.04. The predicted octanol–water partition coefficient (Wildman–Crippen LogP) is 0.884. The van der Waals surface area contributed by atoms with Crippen LogP contribution in [0.25, 0.3) is 0 Å². The van der Waals surface area contributed by atoms with E-state index in [0.717, 1.165) is 0 Å². The lowest BCUT2D eigenvalue weighted by Crippen LogP contribution is -2.40. The molecule has 4 heteroatoms. The highest BCUT2D eigenvalue weighted by Crippen LogP contribution is 2.04. The van der Waals surface area contributed by atoms with Gasteiger partial charge in [0.25, 0.3) is 0 Å². The summed E-state index contributed by atoms with van der Waals surface area (Å²) in [5.41, 5.74) is 0. The standard InChI is InChI=1S/C5H14O3Si/c1-5-8-9(4,6-2)7-3/h5H2,1-4H3. The van der Waals surface area contributed by atoms with Crippen molar-refractivity contribution >= 4 is 8.80 Å². The summed E-state index contributed by atoms with van der Waals surface area (Å²) in [5, 5.41) is 0. The minimum absolute atomic E-state index is 0.643. The van der Waals surface area contributed by atoms with E-state index in [1.165, 1.54) is 0 Å². The van der Waals surface area contributed by atoms with Crippen LogP contribution in [0.15, 0.2) is 0 Å². The summed E-state index contributed by atoms with van der Waals surface area (Å²) in [6.45, 7) is 4.42. The summed E-state index contributed by atoms with van der Waals surface area (Å²) in [6, 6.07) is 0. The molecule has 0 saturated heterocycles. The Bertz CT molecular complexity index is 72.6. The van der Waals surface area contributed by atoms with Crippen molar-refractivity contribution in [2.24, 2.45) is 0 Å². The summed E-state index contributed by atoms with van der Waals surface area (Å²) >= 11 is 0. The second kappa shape index (κ2) is 4.00. The van der Waals surface area contributed by atoms with E-state index < -0.39 is 8.80 Å². The SMILES string of the molecule is CCO[Si](C)(OC)OC. The van der Waals surface area contributed by atoms with Gasteiger partial charge in [-0.25, -0.2) is 0 Å². The van der Waals surface area contributed by atoms with E-state index in [2.05, 4.69) is 0 Å². The number of hydrogen-bond acceptors (Lipinski definition) is 3. The van der Waals surface area contributed by atoms with Gasteiger partial charge < -0.3 is 13.3 Å². The van der Waals surface area contributed by atoms with Crippen LogP contribution in [-0.4, -0.2) is 29.6 Å². The first-order chi connectivity index (χ1) is 4.18.